The van der Waals surface area contributed by atoms with Gasteiger partial charge in [-0.25, -0.2) is 0 Å². The minimum Gasteiger partial charge on any atom is -0.480 e. The molecule has 4 aliphatic rings. The second-order valence-electron chi connectivity index (χ2n) is 12.0. The number of carbonyl (C=O) groups is 3. The summed E-state index contributed by atoms with van der Waals surface area (Å²) in [5.41, 5.74) is -0.470. The summed E-state index contributed by atoms with van der Waals surface area (Å²) in [4.78, 5) is 36.5. The van der Waals surface area contributed by atoms with Gasteiger partial charge >= 0.3 is 5.97 Å². The van der Waals surface area contributed by atoms with Crippen LogP contribution in [0.1, 0.15) is 78.6 Å². The first kappa shape index (κ1) is 24.6. The summed E-state index contributed by atoms with van der Waals surface area (Å²) in [7, 11) is 0. The standard InChI is InChI=1S/C26H41NO6/c1-14(4-7-22(31)27-13-23(32)33)17-5-6-18-24-19(12-21(30)26(17,18)3)25(2)9-8-16(28)10-15(25)11-20(24)29/h14-20,24,28-29H,4-13H2,1-3H3,(H,27,31)(H,32,33)/t14-,15?,16-,17-,18+,19+,20-,24+,25+,26-/m1/s1. The maximum atomic E-state index is 13.8. The molecule has 0 aromatic rings. The van der Waals surface area contributed by atoms with E-state index in [1.807, 2.05) is 0 Å². The van der Waals surface area contributed by atoms with Gasteiger partial charge in [0.05, 0.1) is 12.2 Å². The minimum atomic E-state index is -1.06. The maximum absolute atomic E-state index is 13.8. The van der Waals surface area contributed by atoms with Gasteiger partial charge < -0.3 is 20.6 Å². The number of rotatable bonds is 6. The Bertz CT molecular complexity index is 800. The number of carbonyl (C=O) groups excluding carboxylic acids is 2. The number of hydrogen-bond acceptors (Lipinski definition) is 5. The fourth-order valence-corrected chi connectivity index (χ4v) is 8.68. The van der Waals surface area contributed by atoms with Gasteiger partial charge in [0.2, 0.25) is 5.91 Å². The molecular formula is C26H41NO6. The first-order valence-corrected chi connectivity index (χ1v) is 12.9. The van der Waals surface area contributed by atoms with Crippen LogP contribution >= 0.6 is 0 Å². The summed E-state index contributed by atoms with van der Waals surface area (Å²) >= 11 is 0. The van der Waals surface area contributed by atoms with Crippen molar-refractivity contribution in [3.63, 3.8) is 0 Å². The van der Waals surface area contributed by atoms with E-state index in [2.05, 4.69) is 26.1 Å². The number of amides is 1. The van der Waals surface area contributed by atoms with Crippen LogP contribution in [0.4, 0.5) is 0 Å². The normalized spacial score (nSPS) is 45.5. The lowest BCUT2D eigenvalue weighted by molar-refractivity contribution is -0.181. The highest BCUT2D eigenvalue weighted by atomic mass is 16.4. The molecule has 0 heterocycles. The van der Waals surface area contributed by atoms with Gasteiger partial charge in [0.1, 0.15) is 12.3 Å². The van der Waals surface area contributed by atoms with Crippen LogP contribution in [0, 0.1) is 46.3 Å². The molecule has 4 rings (SSSR count). The van der Waals surface area contributed by atoms with Crippen LogP contribution in [0.15, 0.2) is 0 Å². The van der Waals surface area contributed by atoms with Crippen molar-refractivity contribution in [3.8, 4) is 0 Å². The topological polar surface area (TPSA) is 124 Å². The van der Waals surface area contributed by atoms with Crippen LogP contribution in [-0.4, -0.2) is 51.7 Å². The molecule has 4 aliphatic carbocycles. The second-order valence-corrected chi connectivity index (χ2v) is 12.0. The zero-order valence-corrected chi connectivity index (χ0v) is 20.3. The smallest absolute Gasteiger partial charge is 0.322 e. The van der Waals surface area contributed by atoms with E-state index in [1.54, 1.807) is 0 Å². The SMILES string of the molecule is C[C@H](CCC(=O)NCC(=O)O)[C@H]1CC[C@H]2[C@@H]3[C@H](O)CC4C[C@H](O)CC[C@]4(C)[C@H]3CC(=O)[C@]12C. The Morgan fingerprint density at radius 2 is 1.85 bits per heavy atom. The first-order chi connectivity index (χ1) is 15.5. The molecule has 0 aromatic carbocycles. The van der Waals surface area contributed by atoms with Crippen LogP contribution < -0.4 is 5.32 Å². The van der Waals surface area contributed by atoms with Crippen molar-refractivity contribution in [1.82, 2.24) is 5.32 Å². The van der Waals surface area contributed by atoms with Crippen molar-refractivity contribution in [2.24, 2.45) is 46.3 Å². The Hall–Kier alpha value is -1.47. The van der Waals surface area contributed by atoms with Crippen molar-refractivity contribution in [1.29, 1.82) is 0 Å². The Kier molecular flexibility index (Phi) is 6.69. The van der Waals surface area contributed by atoms with Gasteiger partial charge in [0.25, 0.3) is 0 Å². The molecule has 0 aliphatic heterocycles. The number of aliphatic carboxylic acids is 1. The molecule has 4 saturated carbocycles. The van der Waals surface area contributed by atoms with Crippen molar-refractivity contribution >= 4 is 17.7 Å². The van der Waals surface area contributed by atoms with Crippen molar-refractivity contribution in [3.05, 3.63) is 0 Å². The van der Waals surface area contributed by atoms with Gasteiger partial charge in [-0.2, -0.15) is 0 Å². The monoisotopic (exact) mass is 463 g/mol. The fourth-order valence-electron chi connectivity index (χ4n) is 8.68. The molecule has 7 nitrogen and oxygen atoms in total. The van der Waals surface area contributed by atoms with Crippen LogP contribution in [0.2, 0.25) is 0 Å². The lowest BCUT2D eigenvalue weighted by Crippen LogP contribution is -2.61. The van der Waals surface area contributed by atoms with Gasteiger partial charge in [0, 0.05) is 18.3 Å². The zero-order chi connectivity index (χ0) is 24.1. The highest BCUT2D eigenvalue weighted by molar-refractivity contribution is 5.87. The maximum Gasteiger partial charge on any atom is 0.322 e. The van der Waals surface area contributed by atoms with Crippen molar-refractivity contribution in [2.75, 3.05) is 6.54 Å². The molecule has 1 unspecified atom stereocenters. The second kappa shape index (κ2) is 8.95. The molecule has 4 N–H and O–H groups in total. The molecule has 0 radical (unpaired) electrons. The van der Waals surface area contributed by atoms with E-state index < -0.39 is 17.5 Å². The predicted octanol–water partition coefficient (Wildman–Crippen LogP) is 2.77. The van der Waals surface area contributed by atoms with E-state index in [4.69, 9.17) is 5.11 Å². The lowest BCUT2D eigenvalue weighted by atomic mass is 9.43. The van der Waals surface area contributed by atoms with E-state index in [9.17, 15) is 24.6 Å². The Labute approximate surface area is 196 Å². The number of ketones is 1. The molecule has 10 atom stereocenters. The summed E-state index contributed by atoms with van der Waals surface area (Å²) in [6.45, 7) is 6.15. The molecule has 4 fully saturated rings. The highest BCUT2D eigenvalue weighted by Crippen LogP contribution is 2.67. The number of fused-ring (bicyclic) bond motifs is 5. The number of carboxylic acids is 1. The number of hydrogen-bond donors (Lipinski definition) is 4. The summed E-state index contributed by atoms with van der Waals surface area (Å²) in [5.74, 6) is 0.0874. The number of aliphatic hydroxyl groups excluding tert-OH is 2. The highest BCUT2D eigenvalue weighted by Gasteiger charge is 2.65. The quantitative estimate of drug-likeness (QED) is 0.480. The van der Waals surface area contributed by atoms with Crippen LogP contribution in [-0.2, 0) is 14.4 Å². The predicted molar refractivity (Wildman–Crippen MR) is 122 cm³/mol. The summed E-state index contributed by atoms with van der Waals surface area (Å²) < 4.78 is 0. The summed E-state index contributed by atoms with van der Waals surface area (Å²) in [6.07, 6.45) is 5.71. The van der Waals surface area contributed by atoms with Gasteiger partial charge in [-0.1, -0.05) is 20.8 Å². The fraction of sp³-hybridized carbons (Fsp3) is 0.885. The molecule has 33 heavy (non-hydrogen) atoms. The average molecular weight is 464 g/mol. The molecule has 1 amide bonds. The van der Waals surface area contributed by atoms with E-state index in [-0.39, 0.29) is 65.9 Å². The number of nitrogens with one attached hydrogen (secondary N) is 1. The summed E-state index contributed by atoms with van der Waals surface area (Å²) in [5, 5.41) is 32.7. The average Bonchev–Trinajstić information content (AvgIpc) is 3.11. The summed E-state index contributed by atoms with van der Waals surface area (Å²) in [6, 6.07) is 0. The van der Waals surface area contributed by atoms with E-state index >= 15 is 0 Å². The molecule has 0 saturated heterocycles. The molecule has 0 spiro atoms. The lowest BCUT2D eigenvalue weighted by Gasteiger charge is -2.61. The van der Waals surface area contributed by atoms with Gasteiger partial charge in [-0.3, -0.25) is 14.4 Å². The van der Waals surface area contributed by atoms with Crippen LogP contribution in [0.25, 0.3) is 0 Å². The largest absolute Gasteiger partial charge is 0.480 e. The van der Waals surface area contributed by atoms with Crippen LogP contribution in [0.5, 0.6) is 0 Å². The van der Waals surface area contributed by atoms with Gasteiger partial charge in [0.15, 0.2) is 0 Å². The Balaban J connectivity index is 1.49. The molecule has 0 aromatic heterocycles. The van der Waals surface area contributed by atoms with Gasteiger partial charge in [-0.05, 0) is 85.9 Å². The van der Waals surface area contributed by atoms with E-state index in [0.717, 1.165) is 38.5 Å². The third-order valence-corrected chi connectivity index (χ3v) is 10.5. The first-order valence-electron chi connectivity index (χ1n) is 12.9. The van der Waals surface area contributed by atoms with E-state index in [1.165, 1.54) is 0 Å². The van der Waals surface area contributed by atoms with Crippen LogP contribution in [0.3, 0.4) is 0 Å². The molecular weight excluding hydrogens is 422 g/mol. The number of aliphatic hydroxyl groups is 2. The van der Waals surface area contributed by atoms with E-state index in [0.29, 0.717) is 18.6 Å². The third-order valence-electron chi connectivity index (χ3n) is 10.5. The molecule has 186 valence electrons. The zero-order valence-electron chi connectivity index (χ0n) is 20.3. The van der Waals surface area contributed by atoms with Crippen molar-refractivity contribution < 1.29 is 29.7 Å². The number of Topliss-reactive ketones (excluding diaryl/α,β-unsaturated/α-hetero) is 1. The molecule has 7 heteroatoms. The Morgan fingerprint density at radius 3 is 2.55 bits per heavy atom. The minimum absolute atomic E-state index is 0.00600. The van der Waals surface area contributed by atoms with Gasteiger partial charge in [-0.15, -0.1) is 0 Å². The molecule has 0 bridgehead atoms. The Morgan fingerprint density at radius 1 is 1.12 bits per heavy atom. The third kappa shape index (κ3) is 4.13. The van der Waals surface area contributed by atoms with Crippen molar-refractivity contribution in [2.45, 2.75) is 90.8 Å². The number of carboxylic acid groups (broad SMARTS) is 1.